The van der Waals surface area contributed by atoms with Gasteiger partial charge in [-0.15, -0.1) is 0 Å². The minimum Gasteiger partial charge on any atom is -0.490 e. The molecule has 0 aliphatic carbocycles. The molecule has 0 spiro atoms. The van der Waals surface area contributed by atoms with Crippen LogP contribution >= 0.6 is 0 Å². The molecule has 0 radical (unpaired) electrons. The molecule has 23 heavy (non-hydrogen) atoms. The summed E-state index contributed by atoms with van der Waals surface area (Å²) in [5, 5.41) is 0. The van der Waals surface area contributed by atoms with Crippen LogP contribution in [0.2, 0.25) is 0 Å². The summed E-state index contributed by atoms with van der Waals surface area (Å²) in [6.45, 7) is 8.65. The van der Waals surface area contributed by atoms with E-state index >= 15 is 0 Å². The molecule has 0 aliphatic rings. The highest BCUT2D eigenvalue weighted by Crippen LogP contribution is 2.33. The van der Waals surface area contributed by atoms with Crippen molar-refractivity contribution in [2.45, 2.75) is 33.8 Å². The van der Waals surface area contributed by atoms with Gasteiger partial charge < -0.3 is 14.5 Å². The van der Waals surface area contributed by atoms with Gasteiger partial charge in [-0.2, -0.15) is 0 Å². The van der Waals surface area contributed by atoms with E-state index in [1.165, 1.54) is 5.56 Å². The van der Waals surface area contributed by atoms with Crippen molar-refractivity contribution >= 4 is 11.0 Å². The largest absolute Gasteiger partial charge is 0.490 e. The number of aromatic amines is 1. The molecule has 0 fully saturated rings. The molecule has 0 amide bonds. The lowest BCUT2D eigenvalue weighted by Crippen LogP contribution is -2.07. The van der Waals surface area contributed by atoms with Crippen molar-refractivity contribution in [3.05, 3.63) is 42.0 Å². The van der Waals surface area contributed by atoms with Crippen LogP contribution in [0, 0.1) is 6.92 Å². The predicted molar refractivity (Wildman–Crippen MR) is 93.2 cm³/mol. The average Bonchev–Trinajstić information content (AvgIpc) is 2.91. The second kappa shape index (κ2) is 6.32. The number of hydrogen-bond donors (Lipinski definition) is 1. The van der Waals surface area contributed by atoms with E-state index in [2.05, 4.69) is 29.0 Å². The summed E-state index contributed by atoms with van der Waals surface area (Å²) in [5.41, 5.74) is 4.20. The highest BCUT2D eigenvalue weighted by Gasteiger charge is 2.12. The Kier molecular flexibility index (Phi) is 4.24. The van der Waals surface area contributed by atoms with Crippen LogP contribution in [0.25, 0.3) is 22.4 Å². The molecule has 4 nitrogen and oxygen atoms in total. The SMILES string of the molecule is CCOc1cc(-c2nc3ccc(C)cc3[nH]2)ccc1OC(C)C. The van der Waals surface area contributed by atoms with Gasteiger partial charge in [0.1, 0.15) is 5.82 Å². The average molecular weight is 310 g/mol. The van der Waals surface area contributed by atoms with Crippen molar-refractivity contribution in [3.8, 4) is 22.9 Å². The molecule has 3 rings (SSSR count). The molecule has 0 aliphatic heterocycles. The van der Waals surface area contributed by atoms with Crippen LogP contribution in [0.15, 0.2) is 36.4 Å². The van der Waals surface area contributed by atoms with Gasteiger partial charge in [0.15, 0.2) is 11.5 Å². The molecular formula is C19H22N2O2. The van der Waals surface area contributed by atoms with E-state index in [0.717, 1.165) is 33.9 Å². The molecule has 0 saturated heterocycles. The van der Waals surface area contributed by atoms with Crippen LogP contribution in [0.5, 0.6) is 11.5 Å². The normalized spacial score (nSPS) is 11.2. The number of ether oxygens (including phenoxy) is 2. The van der Waals surface area contributed by atoms with E-state index in [4.69, 9.17) is 9.47 Å². The number of imidazole rings is 1. The number of aryl methyl sites for hydroxylation is 1. The first-order chi connectivity index (χ1) is 11.1. The number of aromatic nitrogens is 2. The van der Waals surface area contributed by atoms with Gasteiger partial charge in [-0.25, -0.2) is 4.98 Å². The molecule has 1 aromatic heterocycles. The topological polar surface area (TPSA) is 47.1 Å². The molecule has 3 aromatic rings. The summed E-state index contributed by atoms with van der Waals surface area (Å²) < 4.78 is 11.5. The lowest BCUT2D eigenvalue weighted by molar-refractivity contribution is 0.224. The molecular weight excluding hydrogens is 288 g/mol. The fourth-order valence-corrected chi connectivity index (χ4v) is 2.54. The summed E-state index contributed by atoms with van der Waals surface area (Å²) in [4.78, 5) is 8.04. The first-order valence-corrected chi connectivity index (χ1v) is 7.97. The molecule has 0 saturated carbocycles. The van der Waals surface area contributed by atoms with E-state index in [-0.39, 0.29) is 6.10 Å². The Balaban J connectivity index is 2.02. The fourth-order valence-electron chi connectivity index (χ4n) is 2.54. The summed E-state index contributed by atoms with van der Waals surface area (Å²) in [5.74, 6) is 2.34. The van der Waals surface area contributed by atoms with Crippen LogP contribution in [-0.4, -0.2) is 22.7 Å². The van der Waals surface area contributed by atoms with Gasteiger partial charge in [-0.05, 0) is 63.6 Å². The van der Waals surface area contributed by atoms with Crippen LogP contribution in [0.3, 0.4) is 0 Å². The Bertz CT molecular complexity index is 821. The second-order valence-electron chi connectivity index (χ2n) is 5.87. The molecule has 4 heteroatoms. The third-order valence-corrected chi connectivity index (χ3v) is 3.52. The summed E-state index contributed by atoms with van der Waals surface area (Å²) in [6, 6.07) is 12.1. The maximum Gasteiger partial charge on any atom is 0.161 e. The zero-order chi connectivity index (χ0) is 16.4. The maximum absolute atomic E-state index is 5.81. The van der Waals surface area contributed by atoms with Crippen LogP contribution < -0.4 is 9.47 Å². The predicted octanol–water partition coefficient (Wildman–Crippen LogP) is 4.72. The number of rotatable bonds is 5. The molecule has 0 unspecified atom stereocenters. The van der Waals surface area contributed by atoms with Gasteiger partial charge in [0.2, 0.25) is 0 Å². The number of benzene rings is 2. The first kappa shape index (κ1) is 15.4. The van der Waals surface area contributed by atoms with E-state index in [9.17, 15) is 0 Å². The Labute approximate surface area is 136 Å². The fraction of sp³-hybridized carbons (Fsp3) is 0.316. The van der Waals surface area contributed by atoms with Crippen molar-refractivity contribution in [3.63, 3.8) is 0 Å². The molecule has 2 aromatic carbocycles. The van der Waals surface area contributed by atoms with Crippen LogP contribution in [-0.2, 0) is 0 Å². The Morgan fingerprint density at radius 2 is 1.91 bits per heavy atom. The van der Waals surface area contributed by atoms with Gasteiger partial charge in [0.05, 0.1) is 23.7 Å². The van der Waals surface area contributed by atoms with Gasteiger partial charge in [0, 0.05) is 5.56 Å². The van der Waals surface area contributed by atoms with E-state index in [0.29, 0.717) is 6.61 Å². The number of H-pyrrole nitrogens is 1. The number of nitrogens with zero attached hydrogens (tertiary/aromatic N) is 1. The summed E-state index contributed by atoms with van der Waals surface area (Å²) in [7, 11) is 0. The third kappa shape index (κ3) is 3.31. The van der Waals surface area contributed by atoms with Crippen molar-refractivity contribution in [1.82, 2.24) is 9.97 Å². The molecule has 1 N–H and O–H groups in total. The lowest BCUT2D eigenvalue weighted by atomic mass is 10.2. The maximum atomic E-state index is 5.81. The minimum absolute atomic E-state index is 0.106. The Morgan fingerprint density at radius 1 is 1.09 bits per heavy atom. The van der Waals surface area contributed by atoms with Gasteiger partial charge in [-0.3, -0.25) is 0 Å². The molecule has 120 valence electrons. The van der Waals surface area contributed by atoms with Crippen molar-refractivity contribution < 1.29 is 9.47 Å². The smallest absolute Gasteiger partial charge is 0.161 e. The summed E-state index contributed by atoms with van der Waals surface area (Å²) >= 11 is 0. The van der Waals surface area contributed by atoms with Crippen molar-refractivity contribution in [2.24, 2.45) is 0 Å². The standard InChI is InChI=1S/C19H22N2O2/c1-5-22-18-11-14(7-9-17(18)23-12(2)3)19-20-15-8-6-13(4)10-16(15)21-19/h6-12H,5H2,1-4H3,(H,20,21). The highest BCUT2D eigenvalue weighted by atomic mass is 16.5. The Hall–Kier alpha value is -2.49. The van der Waals surface area contributed by atoms with E-state index in [1.807, 2.05) is 45.0 Å². The zero-order valence-electron chi connectivity index (χ0n) is 14.0. The third-order valence-electron chi connectivity index (χ3n) is 3.52. The van der Waals surface area contributed by atoms with Crippen LogP contribution in [0.1, 0.15) is 26.3 Å². The highest BCUT2D eigenvalue weighted by molar-refractivity contribution is 5.80. The molecule has 1 heterocycles. The quantitative estimate of drug-likeness (QED) is 0.741. The molecule has 0 bridgehead atoms. The van der Waals surface area contributed by atoms with Gasteiger partial charge >= 0.3 is 0 Å². The monoisotopic (exact) mass is 310 g/mol. The number of hydrogen-bond acceptors (Lipinski definition) is 3. The number of fused-ring (bicyclic) bond motifs is 1. The minimum atomic E-state index is 0.106. The van der Waals surface area contributed by atoms with Crippen molar-refractivity contribution in [1.29, 1.82) is 0 Å². The molecule has 0 atom stereocenters. The van der Waals surface area contributed by atoms with Gasteiger partial charge in [-0.1, -0.05) is 6.07 Å². The lowest BCUT2D eigenvalue weighted by Gasteiger charge is -2.15. The van der Waals surface area contributed by atoms with Crippen LogP contribution in [0.4, 0.5) is 0 Å². The van der Waals surface area contributed by atoms with E-state index in [1.54, 1.807) is 0 Å². The van der Waals surface area contributed by atoms with E-state index < -0.39 is 0 Å². The first-order valence-electron chi connectivity index (χ1n) is 7.97. The number of nitrogens with one attached hydrogen (secondary N) is 1. The summed E-state index contributed by atoms with van der Waals surface area (Å²) in [6.07, 6.45) is 0.106. The zero-order valence-corrected chi connectivity index (χ0v) is 14.0. The Morgan fingerprint density at radius 3 is 2.65 bits per heavy atom. The van der Waals surface area contributed by atoms with Gasteiger partial charge in [0.25, 0.3) is 0 Å². The second-order valence-corrected chi connectivity index (χ2v) is 5.87. The van der Waals surface area contributed by atoms with Crippen molar-refractivity contribution in [2.75, 3.05) is 6.61 Å².